The van der Waals surface area contributed by atoms with Crippen LogP contribution in [0.25, 0.3) is 0 Å². The Morgan fingerprint density at radius 1 is 1.19 bits per heavy atom. The van der Waals surface area contributed by atoms with Crippen molar-refractivity contribution in [1.82, 2.24) is 14.8 Å². The molecule has 8 heteroatoms. The molecular weight excluding hydrogens is 373 g/mol. The lowest BCUT2D eigenvalue weighted by atomic mass is 10.1. The van der Waals surface area contributed by atoms with Crippen LogP contribution in [-0.4, -0.2) is 14.8 Å². The number of thiazole rings is 1. The van der Waals surface area contributed by atoms with Crippen LogP contribution in [0.1, 0.15) is 28.8 Å². The van der Waals surface area contributed by atoms with Crippen molar-refractivity contribution in [3.05, 3.63) is 76.0 Å². The fourth-order valence-corrected chi connectivity index (χ4v) is 3.29. The minimum absolute atomic E-state index is 0.532. The van der Waals surface area contributed by atoms with Gasteiger partial charge in [0.05, 0.1) is 17.8 Å². The van der Waals surface area contributed by atoms with E-state index in [1.807, 2.05) is 23.0 Å². The van der Waals surface area contributed by atoms with Crippen LogP contribution < -0.4 is 5.32 Å². The smallest absolute Gasteiger partial charge is 0.346 e. The van der Waals surface area contributed by atoms with E-state index in [4.69, 9.17) is 0 Å². The summed E-state index contributed by atoms with van der Waals surface area (Å²) in [6.45, 7) is 2.70. The van der Waals surface area contributed by atoms with Crippen LogP contribution in [0.3, 0.4) is 0 Å². The van der Waals surface area contributed by atoms with Crippen LogP contribution in [0.5, 0.6) is 0 Å². The Kier molecular flexibility index (Phi) is 5.95. The minimum atomic E-state index is -4.30. The van der Waals surface area contributed by atoms with E-state index in [0.29, 0.717) is 18.8 Å². The third kappa shape index (κ3) is 5.43. The molecule has 0 amide bonds. The molecule has 0 aliphatic carbocycles. The Morgan fingerprint density at radius 3 is 2.63 bits per heavy atom. The van der Waals surface area contributed by atoms with Crippen molar-refractivity contribution >= 4 is 17.2 Å². The number of benzene rings is 1. The summed E-state index contributed by atoms with van der Waals surface area (Å²) in [5.41, 5.74) is 1.26. The second-order valence-corrected chi connectivity index (χ2v) is 6.87. The van der Waals surface area contributed by atoms with Gasteiger partial charge in [-0.15, -0.1) is 11.3 Å². The fraction of sp³-hybridized carbons (Fsp3) is 0.263. The van der Waals surface area contributed by atoms with Crippen molar-refractivity contribution in [1.29, 1.82) is 0 Å². The zero-order valence-corrected chi connectivity index (χ0v) is 15.5. The molecule has 4 nitrogen and oxygen atoms in total. The molecule has 1 N–H and O–H groups in total. The highest BCUT2D eigenvalue weighted by molar-refractivity contribution is 7.09. The van der Waals surface area contributed by atoms with Gasteiger partial charge in [-0.2, -0.15) is 18.3 Å². The first-order valence-electron chi connectivity index (χ1n) is 8.48. The number of aromatic nitrogens is 3. The molecule has 1 aromatic carbocycles. The van der Waals surface area contributed by atoms with Gasteiger partial charge in [0.2, 0.25) is 0 Å². The Morgan fingerprint density at radius 2 is 1.96 bits per heavy atom. The standard InChI is InChI=1S/C19H19F3N4S/c1-2-16-13-27-18(24-16)12-26-11-9-17(25-26)23-10-3-4-14-5-7-15(8-6-14)19(20,21)22/h3,5-11,13H,2,4,12H2,1H3,(H,23,25)/b10-3+. The zero-order valence-electron chi connectivity index (χ0n) is 14.7. The normalized spacial score (nSPS) is 12.0. The number of hydrogen-bond acceptors (Lipinski definition) is 4. The summed E-state index contributed by atoms with van der Waals surface area (Å²) in [6, 6.07) is 7.03. The van der Waals surface area contributed by atoms with E-state index in [1.54, 1.807) is 17.5 Å². The number of hydrogen-bond donors (Lipinski definition) is 1. The number of allylic oxidation sites excluding steroid dienone is 1. The second kappa shape index (κ2) is 8.39. The molecule has 27 heavy (non-hydrogen) atoms. The van der Waals surface area contributed by atoms with Crippen LogP contribution >= 0.6 is 11.3 Å². The van der Waals surface area contributed by atoms with Crippen molar-refractivity contribution in [3.63, 3.8) is 0 Å². The third-order valence-corrected chi connectivity index (χ3v) is 4.77. The van der Waals surface area contributed by atoms with Gasteiger partial charge in [-0.25, -0.2) is 4.98 Å². The molecule has 0 aliphatic rings. The number of halogens is 3. The highest BCUT2D eigenvalue weighted by Crippen LogP contribution is 2.29. The lowest BCUT2D eigenvalue weighted by molar-refractivity contribution is -0.137. The molecule has 0 bridgehead atoms. The molecule has 0 fully saturated rings. The zero-order chi connectivity index (χ0) is 19.3. The summed E-state index contributed by atoms with van der Waals surface area (Å²) < 4.78 is 39.4. The van der Waals surface area contributed by atoms with Gasteiger partial charge >= 0.3 is 6.18 Å². The van der Waals surface area contributed by atoms with E-state index in [1.165, 1.54) is 12.1 Å². The molecule has 2 aromatic heterocycles. The summed E-state index contributed by atoms with van der Waals surface area (Å²) in [5, 5.41) is 10.6. The number of rotatable bonds is 7. The summed E-state index contributed by atoms with van der Waals surface area (Å²) in [7, 11) is 0. The van der Waals surface area contributed by atoms with Gasteiger partial charge in [-0.3, -0.25) is 4.68 Å². The number of alkyl halides is 3. The number of nitrogens with zero attached hydrogens (tertiary/aromatic N) is 3. The molecule has 0 saturated heterocycles. The molecule has 0 atom stereocenters. The first-order valence-corrected chi connectivity index (χ1v) is 9.36. The molecule has 0 unspecified atom stereocenters. The maximum absolute atomic E-state index is 12.5. The van der Waals surface area contributed by atoms with Gasteiger partial charge in [-0.05, 0) is 36.7 Å². The second-order valence-electron chi connectivity index (χ2n) is 5.93. The van der Waals surface area contributed by atoms with Crippen molar-refractivity contribution in [2.24, 2.45) is 0 Å². The van der Waals surface area contributed by atoms with Crippen molar-refractivity contribution in [2.75, 3.05) is 5.32 Å². The summed E-state index contributed by atoms with van der Waals surface area (Å²) in [6.07, 6.45) is 2.61. The van der Waals surface area contributed by atoms with Crippen LogP contribution in [0, 0.1) is 0 Å². The van der Waals surface area contributed by atoms with Gasteiger partial charge in [-0.1, -0.05) is 25.1 Å². The van der Waals surface area contributed by atoms with Gasteiger partial charge < -0.3 is 5.32 Å². The van der Waals surface area contributed by atoms with Gasteiger partial charge in [0.15, 0.2) is 5.82 Å². The first-order chi connectivity index (χ1) is 12.9. The summed E-state index contributed by atoms with van der Waals surface area (Å²) in [4.78, 5) is 4.52. The number of nitrogens with one attached hydrogen (secondary N) is 1. The van der Waals surface area contributed by atoms with E-state index in [-0.39, 0.29) is 0 Å². The largest absolute Gasteiger partial charge is 0.416 e. The predicted octanol–water partition coefficient (Wildman–Crippen LogP) is 5.14. The first kappa shape index (κ1) is 19.2. The van der Waals surface area contributed by atoms with Gasteiger partial charge in [0.1, 0.15) is 5.01 Å². The average Bonchev–Trinajstić information content (AvgIpc) is 3.28. The SMILES string of the molecule is CCc1csc(Cn2ccc(N/C=C/Cc3ccc(C(F)(F)F)cc3)n2)n1. The maximum atomic E-state index is 12.5. The third-order valence-electron chi connectivity index (χ3n) is 3.88. The van der Waals surface area contributed by atoms with Gasteiger partial charge in [0.25, 0.3) is 0 Å². The molecule has 0 spiro atoms. The quantitative estimate of drug-likeness (QED) is 0.606. The molecule has 0 aliphatic heterocycles. The van der Waals surface area contributed by atoms with Crippen molar-refractivity contribution in [2.45, 2.75) is 32.5 Å². The number of aryl methyl sites for hydroxylation is 1. The Hall–Kier alpha value is -2.61. The highest BCUT2D eigenvalue weighted by atomic mass is 32.1. The Bertz CT molecular complexity index is 894. The number of anilines is 1. The lowest BCUT2D eigenvalue weighted by Gasteiger charge is -2.06. The molecular formula is C19H19F3N4S. The molecule has 0 saturated carbocycles. The minimum Gasteiger partial charge on any atom is -0.346 e. The fourth-order valence-electron chi connectivity index (χ4n) is 2.42. The molecule has 3 aromatic rings. The van der Waals surface area contributed by atoms with Crippen LogP contribution in [0.4, 0.5) is 19.0 Å². The highest BCUT2D eigenvalue weighted by Gasteiger charge is 2.29. The van der Waals surface area contributed by atoms with Crippen LogP contribution in [0.2, 0.25) is 0 Å². The average molecular weight is 392 g/mol. The van der Waals surface area contributed by atoms with Gasteiger partial charge in [0, 0.05) is 17.6 Å². The van der Waals surface area contributed by atoms with E-state index in [0.717, 1.165) is 34.8 Å². The van der Waals surface area contributed by atoms with E-state index in [9.17, 15) is 13.2 Å². The van der Waals surface area contributed by atoms with Crippen LogP contribution in [-0.2, 0) is 25.6 Å². The van der Waals surface area contributed by atoms with E-state index in [2.05, 4.69) is 27.7 Å². The Balaban J connectivity index is 1.49. The molecule has 142 valence electrons. The van der Waals surface area contributed by atoms with E-state index >= 15 is 0 Å². The summed E-state index contributed by atoms with van der Waals surface area (Å²) in [5.74, 6) is 0.700. The maximum Gasteiger partial charge on any atom is 0.416 e. The monoisotopic (exact) mass is 392 g/mol. The molecule has 3 rings (SSSR count). The molecule has 2 heterocycles. The topological polar surface area (TPSA) is 42.7 Å². The predicted molar refractivity (Wildman–Crippen MR) is 101 cm³/mol. The van der Waals surface area contributed by atoms with Crippen LogP contribution in [0.15, 0.2) is 54.2 Å². The van der Waals surface area contributed by atoms with Crippen molar-refractivity contribution in [3.8, 4) is 0 Å². The van der Waals surface area contributed by atoms with E-state index < -0.39 is 11.7 Å². The molecule has 0 radical (unpaired) electrons. The summed E-state index contributed by atoms with van der Waals surface area (Å²) >= 11 is 1.62. The lowest BCUT2D eigenvalue weighted by Crippen LogP contribution is -2.04. The van der Waals surface area contributed by atoms with Crippen molar-refractivity contribution < 1.29 is 13.2 Å². The Labute approximate surface area is 159 Å².